The van der Waals surface area contributed by atoms with Crippen LogP contribution < -0.4 is 0 Å². The van der Waals surface area contributed by atoms with E-state index in [1.807, 2.05) is 0 Å². The zero-order valence-electron chi connectivity index (χ0n) is 13.0. The molecule has 2 aliphatic rings. The summed E-state index contributed by atoms with van der Waals surface area (Å²) in [7, 11) is -0.619. The van der Waals surface area contributed by atoms with E-state index >= 15 is 0 Å². The van der Waals surface area contributed by atoms with E-state index in [1.165, 1.54) is 44.1 Å². The van der Waals surface area contributed by atoms with Crippen molar-refractivity contribution in [1.29, 1.82) is 0 Å². The first-order chi connectivity index (χ1) is 9.89. The summed E-state index contributed by atoms with van der Waals surface area (Å²) < 4.78 is 32.4. The molecule has 1 spiro atoms. The zero-order valence-corrected chi connectivity index (χ0v) is 13.8. The van der Waals surface area contributed by atoms with Gasteiger partial charge in [-0.1, -0.05) is 12.8 Å². The van der Waals surface area contributed by atoms with Crippen molar-refractivity contribution in [1.82, 2.24) is 8.61 Å². The molecule has 0 N–H and O–H groups in total. The second kappa shape index (κ2) is 6.62. The monoisotopic (exact) mass is 318 g/mol. The van der Waals surface area contributed by atoms with Crippen LogP contribution in [0.3, 0.4) is 0 Å². The number of rotatable bonds is 5. The molecule has 1 saturated carbocycles. The van der Waals surface area contributed by atoms with Crippen molar-refractivity contribution in [3.8, 4) is 0 Å². The highest BCUT2D eigenvalue weighted by Crippen LogP contribution is 2.46. The van der Waals surface area contributed by atoms with Crippen LogP contribution in [-0.2, 0) is 19.7 Å². The standard InChI is InChI=1S/C14H26N2O4S/c1-15(10-5-13(17)20-2)21(18,19)16-11-8-14(9-12-16)6-3-4-7-14/h3-12H2,1-2H3. The number of hydrogen-bond acceptors (Lipinski definition) is 4. The van der Waals surface area contributed by atoms with Crippen LogP contribution in [0.25, 0.3) is 0 Å². The van der Waals surface area contributed by atoms with Crippen molar-refractivity contribution in [2.75, 3.05) is 33.8 Å². The topological polar surface area (TPSA) is 66.9 Å². The Bertz CT molecular complexity index is 461. The normalized spacial score (nSPS) is 22.8. The molecule has 1 heterocycles. The first-order valence-corrected chi connectivity index (χ1v) is 9.08. The van der Waals surface area contributed by atoms with Gasteiger partial charge < -0.3 is 4.74 Å². The summed E-state index contributed by atoms with van der Waals surface area (Å²) in [5, 5.41) is 0. The summed E-state index contributed by atoms with van der Waals surface area (Å²) in [4.78, 5) is 11.1. The van der Waals surface area contributed by atoms with Crippen molar-refractivity contribution in [2.24, 2.45) is 5.41 Å². The molecule has 7 heteroatoms. The fourth-order valence-electron chi connectivity index (χ4n) is 3.48. The van der Waals surface area contributed by atoms with Gasteiger partial charge in [-0.15, -0.1) is 0 Å². The summed E-state index contributed by atoms with van der Waals surface area (Å²) in [5.74, 6) is -0.388. The summed E-state index contributed by atoms with van der Waals surface area (Å²) >= 11 is 0. The van der Waals surface area contributed by atoms with Gasteiger partial charge in [0.15, 0.2) is 0 Å². The Morgan fingerprint density at radius 2 is 1.76 bits per heavy atom. The van der Waals surface area contributed by atoms with Gasteiger partial charge in [0.1, 0.15) is 0 Å². The highest BCUT2D eigenvalue weighted by Gasteiger charge is 2.40. The molecule has 2 fully saturated rings. The number of ether oxygens (including phenoxy) is 1. The van der Waals surface area contributed by atoms with Crippen molar-refractivity contribution >= 4 is 16.2 Å². The minimum absolute atomic E-state index is 0.0873. The smallest absolute Gasteiger partial charge is 0.306 e. The fraction of sp³-hybridized carbons (Fsp3) is 0.929. The van der Waals surface area contributed by atoms with E-state index in [1.54, 1.807) is 4.31 Å². The van der Waals surface area contributed by atoms with Gasteiger partial charge in [0.05, 0.1) is 13.5 Å². The van der Waals surface area contributed by atoms with Gasteiger partial charge >= 0.3 is 5.97 Å². The van der Waals surface area contributed by atoms with E-state index in [2.05, 4.69) is 4.74 Å². The molecule has 0 unspecified atom stereocenters. The summed E-state index contributed by atoms with van der Waals surface area (Å²) in [6.45, 7) is 1.37. The SMILES string of the molecule is COC(=O)CCN(C)S(=O)(=O)N1CCC2(CCCC2)CC1. The van der Waals surface area contributed by atoms with Crippen molar-refractivity contribution in [3.63, 3.8) is 0 Å². The molecule has 1 aliphatic carbocycles. The van der Waals surface area contributed by atoms with E-state index in [4.69, 9.17) is 0 Å². The third-order valence-electron chi connectivity index (χ3n) is 5.03. The van der Waals surface area contributed by atoms with Gasteiger partial charge in [-0.05, 0) is 31.1 Å². The van der Waals surface area contributed by atoms with E-state index < -0.39 is 10.2 Å². The van der Waals surface area contributed by atoms with Crippen LogP contribution in [0.4, 0.5) is 0 Å². The Balaban J connectivity index is 1.89. The maximum Gasteiger partial charge on any atom is 0.306 e. The maximum atomic E-state index is 12.5. The molecule has 122 valence electrons. The fourth-order valence-corrected chi connectivity index (χ4v) is 4.84. The molecule has 0 amide bonds. The van der Waals surface area contributed by atoms with E-state index in [0.717, 1.165) is 12.8 Å². The van der Waals surface area contributed by atoms with Crippen molar-refractivity contribution < 1.29 is 17.9 Å². The molecular weight excluding hydrogens is 292 g/mol. The van der Waals surface area contributed by atoms with Crippen LogP contribution >= 0.6 is 0 Å². The van der Waals surface area contributed by atoms with Gasteiger partial charge in [0.25, 0.3) is 10.2 Å². The van der Waals surface area contributed by atoms with Crippen molar-refractivity contribution in [2.45, 2.75) is 44.9 Å². The summed E-state index contributed by atoms with van der Waals surface area (Å²) in [6, 6.07) is 0. The number of esters is 1. The van der Waals surface area contributed by atoms with Gasteiger partial charge in [0.2, 0.25) is 0 Å². The second-order valence-corrected chi connectivity index (χ2v) is 8.30. The quantitative estimate of drug-likeness (QED) is 0.718. The van der Waals surface area contributed by atoms with Crippen LogP contribution in [0.5, 0.6) is 0 Å². The van der Waals surface area contributed by atoms with Gasteiger partial charge in [0, 0.05) is 26.7 Å². The molecule has 0 aromatic heterocycles. The molecule has 0 bridgehead atoms. The van der Waals surface area contributed by atoms with Crippen LogP contribution in [0.15, 0.2) is 0 Å². The molecule has 0 aromatic rings. The summed E-state index contributed by atoms with van der Waals surface area (Å²) in [6.07, 6.45) is 7.09. The lowest BCUT2D eigenvalue weighted by Crippen LogP contribution is -2.48. The first kappa shape index (κ1) is 16.7. The highest BCUT2D eigenvalue weighted by molar-refractivity contribution is 7.86. The lowest BCUT2D eigenvalue weighted by molar-refractivity contribution is -0.140. The largest absolute Gasteiger partial charge is 0.469 e. The minimum atomic E-state index is -3.45. The van der Waals surface area contributed by atoms with Gasteiger partial charge in [-0.2, -0.15) is 17.0 Å². The molecule has 6 nitrogen and oxygen atoms in total. The Morgan fingerprint density at radius 3 is 2.29 bits per heavy atom. The van der Waals surface area contributed by atoms with Gasteiger partial charge in [-0.25, -0.2) is 0 Å². The predicted octanol–water partition coefficient (Wildman–Crippen LogP) is 1.38. The molecule has 1 saturated heterocycles. The maximum absolute atomic E-state index is 12.5. The number of carbonyl (C=O) groups excluding carboxylic acids is 1. The molecule has 2 rings (SSSR count). The molecule has 1 aliphatic heterocycles. The lowest BCUT2D eigenvalue weighted by Gasteiger charge is -2.39. The van der Waals surface area contributed by atoms with Crippen LogP contribution in [0, 0.1) is 5.41 Å². The Hall–Kier alpha value is -0.660. The third-order valence-corrected chi connectivity index (χ3v) is 7.01. The zero-order chi connectivity index (χ0) is 15.5. The van der Waals surface area contributed by atoms with Crippen molar-refractivity contribution in [3.05, 3.63) is 0 Å². The van der Waals surface area contributed by atoms with E-state index in [9.17, 15) is 13.2 Å². The van der Waals surface area contributed by atoms with E-state index in [0.29, 0.717) is 18.5 Å². The number of carbonyl (C=O) groups is 1. The average Bonchev–Trinajstić information content (AvgIpc) is 2.92. The lowest BCUT2D eigenvalue weighted by atomic mass is 9.78. The Labute approximate surface area is 127 Å². The average molecular weight is 318 g/mol. The molecule has 0 radical (unpaired) electrons. The minimum Gasteiger partial charge on any atom is -0.469 e. The second-order valence-electron chi connectivity index (χ2n) is 6.26. The molecule has 0 atom stereocenters. The highest BCUT2D eigenvalue weighted by atomic mass is 32.2. The molecule has 0 aromatic carbocycles. The first-order valence-electron chi connectivity index (χ1n) is 7.68. The Kier molecular flexibility index (Phi) is 5.27. The molecular formula is C14H26N2O4S. The number of piperidine rings is 1. The number of methoxy groups -OCH3 is 1. The van der Waals surface area contributed by atoms with E-state index in [-0.39, 0.29) is 18.9 Å². The molecule has 21 heavy (non-hydrogen) atoms. The third kappa shape index (κ3) is 3.76. The Morgan fingerprint density at radius 1 is 1.19 bits per heavy atom. The number of nitrogens with zero attached hydrogens (tertiary/aromatic N) is 2. The number of hydrogen-bond donors (Lipinski definition) is 0. The predicted molar refractivity (Wildman–Crippen MR) is 79.9 cm³/mol. The van der Waals surface area contributed by atoms with Crippen LogP contribution in [-0.4, -0.2) is 56.8 Å². The van der Waals surface area contributed by atoms with Crippen LogP contribution in [0.1, 0.15) is 44.9 Å². The van der Waals surface area contributed by atoms with Gasteiger partial charge in [-0.3, -0.25) is 4.79 Å². The summed E-state index contributed by atoms with van der Waals surface area (Å²) in [5.41, 5.74) is 0.399. The van der Waals surface area contributed by atoms with Crippen LogP contribution in [0.2, 0.25) is 0 Å².